The van der Waals surface area contributed by atoms with Crippen molar-refractivity contribution in [2.45, 2.75) is 0 Å². The number of allylic oxidation sites excluding steroid dienone is 1. The Morgan fingerprint density at radius 2 is 2.14 bits per heavy atom. The summed E-state index contributed by atoms with van der Waals surface area (Å²) in [5.74, 6) is 0.607. The molecule has 1 rings (SSSR count). The summed E-state index contributed by atoms with van der Waals surface area (Å²) in [6.45, 7) is 0. The minimum Gasteiger partial charge on any atom is -0.375 e. The van der Waals surface area contributed by atoms with Crippen LogP contribution < -0.4 is 10.6 Å². The lowest BCUT2D eigenvalue weighted by atomic mass is 10.2. The Hall–Kier alpha value is -1.84. The lowest BCUT2D eigenvalue weighted by molar-refractivity contribution is 0.104. The second-order valence-electron chi connectivity index (χ2n) is 2.66. The molecule has 0 bridgehead atoms. The maximum absolute atomic E-state index is 11.6. The van der Waals surface area contributed by atoms with E-state index in [1.54, 1.807) is 38.6 Å². The molecule has 0 aliphatic rings. The lowest BCUT2D eigenvalue weighted by Gasteiger charge is -2.04. The van der Waals surface area contributed by atoms with Gasteiger partial charge in [0.05, 0.1) is 0 Å². The van der Waals surface area contributed by atoms with Crippen LogP contribution in [0, 0.1) is 0 Å². The summed E-state index contributed by atoms with van der Waals surface area (Å²) >= 11 is 0. The van der Waals surface area contributed by atoms with Crippen LogP contribution in [0.3, 0.4) is 0 Å². The Bertz CT molecular complexity index is 326. The molecular formula is C10H13N3O. The second-order valence-corrected chi connectivity index (χ2v) is 2.66. The van der Waals surface area contributed by atoms with E-state index in [4.69, 9.17) is 0 Å². The molecule has 0 radical (unpaired) electrons. The van der Waals surface area contributed by atoms with Gasteiger partial charge in [-0.2, -0.15) is 0 Å². The zero-order valence-electron chi connectivity index (χ0n) is 8.24. The van der Waals surface area contributed by atoms with E-state index in [0.717, 1.165) is 0 Å². The molecule has 0 aromatic carbocycles. The Kier molecular flexibility index (Phi) is 3.67. The highest BCUT2D eigenvalue weighted by molar-refractivity contribution is 6.04. The summed E-state index contributed by atoms with van der Waals surface area (Å²) in [4.78, 5) is 15.5. The van der Waals surface area contributed by atoms with Crippen molar-refractivity contribution >= 4 is 5.78 Å². The monoisotopic (exact) mass is 191 g/mol. The molecular weight excluding hydrogens is 178 g/mol. The molecule has 14 heavy (non-hydrogen) atoms. The van der Waals surface area contributed by atoms with Gasteiger partial charge in [0.15, 0.2) is 5.78 Å². The van der Waals surface area contributed by atoms with E-state index >= 15 is 0 Å². The van der Waals surface area contributed by atoms with E-state index in [0.29, 0.717) is 11.4 Å². The van der Waals surface area contributed by atoms with Crippen LogP contribution in [-0.4, -0.2) is 24.9 Å². The Morgan fingerprint density at radius 1 is 1.43 bits per heavy atom. The molecule has 2 N–H and O–H groups in total. The van der Waals surface area contributed by atoms with Gasteiger partial charge in [-0.25, -0.2) is 0 Å². The van der Waals surface area contributed by atoms with Crippen molar-refractivity contribution in [1.82, 2.24) is 15.6 Å². The molecule has 0 aliphatic heterocycles. The molecule has 0 fully saturated rings. The normalized spacial score (nSPS) is 9.00. The average Bonchev–Trinajstić information content (AvgIpc) is 2.26. The summed E-state index contributed by atoms with van der Waals surface area (Å²) in [5, 5.41) is 5.72. The average molecular weight is 191 g/mol. The van der Waals surface area contributed by atoms with Crippen LogP contribution in [0.15, 0.2) is 36.4 Å². The predicted octanol–water partition coefficient (Wildman–Crippen LogP) is 0.544. The summed E-state index contributed by atoms with van der Waals surface area (Å²) in [5.41, 5.74) is 0.579. The first kappa shape index (κ1) is 10.2. The second kappa shape index (κ2) is 5.01. The molecule has 0 saturated carbocycles. The fraction of sp³-hybridized carbons (Fsp3) is 0.200. The maximum atomic E-state index is 11.6. The first-order chi connectivity index (χ1) is 6.77. The molecule has 1 aromatic rings. The molecule has 0 saturated heterocycles. The smallest absolute Gasteiger partial charge is 0.190 e. The third-order valence-electron chi connectivity index (χ3n) is 1.76. The van der Waals surface area contributed by atoms with Crippen molar-refractivity contribution in [2.24, 2.45) is 0 Å². The molecule has 0 spiro atoms. The maximum Gasteiger partial charge on any atom is 0.190 e. The van der Waals surface area contributed by atoms with E-state index in [-0.39, 0.29) is 5.78 Å². The van der Waals surface area contributed by atoms with Gasteiger partial charge in [0, 0.05) is 38.1 Å². The fourth-order valence-corrected chi connectivity index (χ4v) is 0.992. The third kappa shape index (κ3) is 2.58. The highest BCUT2D eigenvalue weighted by Gasteiger charge is 2.02. The fourth-order valence-electron chi connectivity index (χ4n) is 0.992. The molecule has 0 atom stereocenters. The standard InChI is InChI=1S/C10H13N3O/c1-11-10(12-2)6-9(14)8-4-3-5-13-7-8/h3-7,11-12H,1-2H3. The molecule has 1 aromatic heterocycles. The Labute approximate surface area is 83.0 Å². The minimum atomic E-state index is -0.0724. The van der Waals surface area contributed by atoms with Crippen LogP contribution in [0.5, 0.6) is 0 Å². The molecule has 74 valence electrons. The van der Waals surface area contributed by atoms with Gasteiger partial charge in [0.1, 0.15) is 5.82 Å². The van der Waals surface area contributed by atoms with Crippen molar-refractivity contribution < 1.29 is 4.79 Å². The number of carbonyl (C=O) groups is 1. The number of carbonyl (C=O) groups excluding carboxylic acids is 1. The van der Waals surface area contributed by atoms with E-state index in [1.807, 2.05) is 0 Å². The predicted molar refractivity (Wildman–Crippen MR) is 54.8 cm³/mol. The summed E-state index contributed by atoms with van der Waals surface area (Å²) in [6.07, 6.45) is 4.68. The topological polar surface area (TPSA) is 54.0 Å². The van der Waals surface area contributed by atoms with Gasteiger partial charge in [-0.3, -0.25) is 9.78 Å². The first-order valence-corrected chi connectivity index (χ1v) is 4.29. The van der Waals surface area contributed by atoms with Crippen molar-refractivity contribution in [3.63, 3.8) is 0 Å². The van der Waals surface area contributed by atoms with Crippen molar-refractivity contribution in [1.29, 1.82) is 0 Å². The third-order valence-corrected chi connectivity index (χ3v) is 1.76. The zero-order chi connectivity index (χ0) is 10.4. The largest absolute Gasteiger partial charge is 0.375 e. The lowest BCUT2D eigenvalue weighted by Crippen LogP contribution is -2.20. The van der Waals surface area contributed by atoms with Crippen LogP contribution >= 0.6 is 0 Å². The molecule has 0 amide bonds. The van der Waals surface area contributed by atoms with Crippen LogP contribution in [0.25, 0.3) is 0 Å². The Balaban J connectivity index is 2.82. The summed E-state index contributed by atoms with van der Waals surface area (Å²) in [7, 11) is 3.50. The first-order valence-electron chi connectivity index (χ1n) is 4.29. The molecule has 4 nitrogen and oxygen atoms in total. The molecule has 4 heteroatoms. The van der Waals surface area contributed by atoms with Gasteiger partial charge < -0.3 is 10.6 Å². The van der Waals surface area contributed by atoms with Crippen molar-refractivity contribution in [2.75, 3.05) is 14.1 Å². The SMILES string of the molecule is CNC(=CC(=O)c1cccnc1)NC. The van der Waals surface area contributed by atoms with E-state index in [1.165, 1.54) is 6.08 Å². The van der Waals surface area contributed by atoms with E-state index in [9.17, 15) is 4.79 Å². The van der Waals surface area contributed by atoms with Gasteiger partial charge in [-0.1, -0.05) is 0 Å². The van der Waals surface area contributed by atoms with Crippen LogP contribution in [0.1, 0.15) is 10.4 Å². The van der Waals surface area contributed by atoms with Crippen molar-refractivity contribution in [3.05, 3.63) is 42.0 Å². The van der Waals surface area contributed by atoms with Gasteiger partial charge in [-0.05, 0) is 12.1 Å². The van der Waals surface area contributed by atoms with Gasteiger partial charge in [0.2, 0.25) is 0 Å². The van der Waals surface area contributed by atoms with Crippen LogP contribution in [0.4, 0.5) is 0 Å². The van der Waals surface area contributed by atoms with Crippen LogP contribution in [0.2, 0.25) is 0 Å². The van der Waals surface area contributed by atoms with E-state index < -0.39 is 0 Å². The number of hydrogen-bond donors (Lipinski definition) is 2. The van der Waals surface area contributed by atoms with Crippen molar-refractivity contribution in [3.8, 4) is 0 Å². The number of ketones is 1. The highest BCUT2D eigenvalue weighted by atomic mass is 16.1. The zero-order valence-corrected chi connectivity index (χ0v) is 8.24. The number of rotatable bonds is 4. The number of pyridine rings is 1. The molecule has 1 heterocycles. The van der Waals surface area contributed by atoms with E-state index in [2.05, 4.69) is 15.6 Å². The molecule has 0 unspecified atom stereocenters. The number of nitrogens with zero attached hydrogens (tertiary/aromatic N) is 1. The number of aromatic nitrogens is 1. The summed E-state index contributed by atoms with van der Waals surface area (Å²) in [6, 6.07) is 3.47. The van der Waals surface area contributed by atoms with Crippen LogP contribution in [-0.2, 0) is 0 Å². The Morgan fingerprint density at radius 3 is 2.64 bits per heavy atom. The minimum absolute atomic E-state index is 0.0724. The summed E-state index contributed by atoms with van der Waals surface area (Å²) < 4.78 is 0. The highest BCUT2D eigenvalue weighted by Crippen LogP contribution is 1.99. The number of nitrogens with one attached hydrogen (secondary N) is 2. The quantitative estimate of drug-likeness (QED) is 0.539. The number of hydrogen-bond acceptors (Lipinski definition) is 4. The van der Waals surface area contributed by atoms with Gasteiger partial charge in [0.25, 0.3) is 0 Å². The molecule has 0 aliphatic carbocycles. The van der Waals surface area contributed by atoms with Gasteiger partial charge in [-0.15, -0.1) is 0 Å². The van der Waals surface area contributed by atoms with Gasteiger partial charge >= 0.3 is 0 Å².